The summed E-state index contributed by atoms with van der Waals surface area (Å²) in [4.78, 5) is 0. The van der Waals surface area contributed by atoms with Crippen LogP contribution in [0.3, 0.4) is 0 Å². The van der Waals surface area contributed by atoms with E-state index >= 15 is 0 Å². The SMILES string of the molecule is CCCSCC(S)CS.SS. The third-order valence-electron chi connectivity index (χ3n) is 0.869. The average molecular weight is 249 g/mol. The van der Waals surface area contributed by atoms with Crippen molar-refractivity contribution in [1.29, 1.82) is 0 Å². The van der Waals surface area contributed by atoms with Crippen molar-refractivity contribution in [2.24, 2.45) is 0 Å². The third-order valence-corrected chi connectivity index (χ3v) is 3.55. The number of hydrogen-bond acceptors (Lipinski definition) is 5. The Morgan fingerprint density at radius 3 is 2.27 bits per heavy atom. The molecule has 11 heavy (non-hydrogen) atoms. The van der Waals surface area contributed by atoms with Crippen LogP contribution in [0.15, 0.2) is 0 Å². The quantitative estimate of drug-likeness (QED) is 0.329. The van der Waals surface area contributed by atoms with Crippen LogP contribution in [0, 0.1) is 0 Å². The van der Waals surface area contributed by atoms with Crippen molar-refractivity contribution in [3.63, 3.8) is 0 Å². The van der Waals surface area contributed by atoms with Crippen molar-refractivity contribution in [2.75, 3.05) is 17.3 Å². The molecule has 0 saturated heterocycles. The van der Waals surface area contributed by atoms with E-state index in [-0.39, 0.29) is 0 Å². The Hall–Kier alpha value is 1.75. The van der Waals surface area contributed by atoms with Crippen LogP contribution in [0.1, 0.15) is 13.3 Å². The largest absolute Gasteiger partial charge is 0.178 e. The highest BCUT2D eigenvalue weighted by molar-refractivity contribution is 8.59. The van der Waals surface area contributed by atoms with E-state index in [9.17, 15) is 0 Å². The molecule has 0 N–H and O–H groups in total. The molecule has 0 saturated carbocycles. The molecule has 0 spiro atoms. The van der Waals surface area contributed by atoms with Gasteiger partial charge in [-0.3, -0.25) is 0 Å². The summed E-state index contributed by atoms with van der Waals surface area (Å²) < 4.78 is 0. The van der Waals surface area contributed by atoms with Crippen molar-refractivity contribution in [3.8, 4) is 0 Å². The molecule has 1 atom stereocenters. The molecule has 1 unspecified atom stereocenters. The van der Waals surface area contributed by atoms with Gasteiger partial charge in [0.15, 0.2) is 0 Å². The summed E-state index contributed by atoms with van der Waals surface area (Å²) in [6.07, 6.45) is 1.26. The van der Waals surface area contributed by atoms with E-state index in [0.29, 0.717) is 5.25 Å². The second-order valence-electron chi connectivity index (χ2n) is 1.91. The molecule has 0 heterocycles. The Morgan fingerprint density at radius 1 is 1.36 bits per heavy atom. The van der Waals surface area contributed by atoms with Gasteiger partial charge in [0.1, 0.15) is 0 Å². The van der Waals surface area contributed by atoms with Gasteiger partial charge in [-0.25, -0.2) is 0 Å². The molecule has 0 aliphatic carbocycles. The first kappa shape index (κ1) is 15.2. The van der Waals surface area contributed by atoms with Crippen LogP contribution < -0.4 is 0 Å². The summed E-state index contributed by atoms with van der Waals surface area (Å²) in [5.41, 5.74) is 0. The van der Waals surface area contributed by atoms with Crippen molar-refractivity contribution in [2.45, 2.75) is 18.6 Å². The van der Waals surface area contributed by atoms with Crippen molar-refractivity contribution < 1.29 is 0 Å². The van der Waals surface area contributed by atoms with E-state index in [1.165, 1.54) is 12.2 Å². The molecule has 0 aromatic carbocycles. The summed E-state index contributed by atoms with van der Waals surface area (Å²) in [7, 11) is 0. The highest BCUT2D eigenvalue weighted by Gasteiger charge is 1.97. The molecule has 0 aromatic rings. The average Bonchev–Trinajstić information content (AvgIpc) is 2.08. The van der Waals surface area contributed by atoms with E-state index in [1.807, 2.05) is 11.8 Å². The minimum atomic E-state index is 0.477. The zero-order valence-corrected chi connectivity index (χ0v) is 11.0. The highest BCUT2D eigenvalue weighted by Crippen LogP contribution is 2.09. The van der Waals surface area contributed by atoms with Gasteiger partial charge in [-0.15, -0.1) is 23.3 Å². The minimum absolute atomic E-state index is 0.477. The van der Waals surface area contributed by atoms with Crippen LogP contribution in [0.25, 0.3) is 0 Å². The molecule has 0 aliphatic rings. The lowest BCUT2D eigenvalue weighted by Crippen LogP contribution is -2.03. The van der Waals surface area contributed by atoms with Gasteiger partial charge in [0.05, 0.1) is 0 Å². The Kier molecular flexibility index (Phi) is 19.8. The second-order valence-corrected chi connectivity index (χ2v) is 4.16. The lowest BCUT2D eigenvalue weighted by atomic mass is 10.5. The summed E-state index contributed by atoms with van der Waals surface area (Å²) in [6, 6.07) is 0. The molecule has 0 amide bonds. The Balaban J connectivity index is 0. The molecule has 0 fully saturated rings. The van der Waals surface area contributed by atoms with Crippen LogP contribution in [0.4, 0.5) is 0 Å². The molecule has 5 heteroatoms. The van der Waals surface area contributed by atoms with E-state index in [0.717, 1.165) is 11.5 Å². The molecule has 0 rings (SSSR count). The lowest BCUT2D eigenvalue weighted by Gasteiger charge is -2.04. The number of thiol groups is 4. The highest BCUT2D eigenvalue weighted by atomic mass is 33.1. The van der Waals surface area contributed by atoms with Gasteiger partial charge in [0, 0.05) is 16.8 Å². The van der Waals surface area contributed by atoms with Crippen molar-refractivity contribution >= 4 is 60.3 Å². The fourth-order valence-electron chi connectivity index (χ4n) is 0.416. The van der Waals surface area contributed by atoms with Gasteiger partial charge in [-0.2, -0.15) is 37.0 Å². The van der Waals surface area contributed by atoms with Crippen LogP contribution in [0.5, 0.6) is 0 Å². The predicted octanol–water partition coefficient (Wildman–Crippen LogP) is 3.12. The Bertz CT molecular complexity index is 58.9. The maximum atomic E-state index is 4.31. The maximum Gasteiger partial charge on any atom is 0.0196 e. The van der Waals surface area contributed by atoms with Crippen molar-refractivity contribution in [1.82, 2.24) is 0 Å². The second kappa shape index (κ2) is 14.3. The van der Waals surface area contributed by atoms with Crippen LogP contribution in [-0.4, -0.2) is 22.5 Å². The van der Waals surface area contributed by atoms with E-state index in [4.69, 9.17) is 0 Å². The predicted molar refractivity (Wildman–Crippen MR) is 72.2 cm³/mol. The molecule has 70 valence electrons. The van der Waals surface area contributed by atoms with Gasteiger partial charge in [0.25, 0.3) is 0 Å². The number of rotatable bonds is 5. The van der Waals surface area contributed by atoms with Crippen LogP contribution in [0.2, 0.25) is 0 Å². The standard InChI is InChI=1S/C6H14S3.H2S2/c1-2-3-9-5-6(8)4-7;1-2/h6-8H,2-5H2,1H3;1-2H. The van der Waals surface area contributed by atoms with Crippen molar-refractivity contribution in [3.05, 3.63) is 0 Å². The summed E-state index contributed by atoms with van der Waals surface area (Å²) >= 11 is 16.8. The normalized spacial score (nSPS) is 11.7. The van der Waals surface area contributed by atoms with Crippen LogP contribution in [-0.2, 0) is 0 Å². The fraction of sp³-hybridized carbons (Fsp3) is 1.00. The first-order valence-electron chi connectivity index (χ1n) is 3.38. The van der Waals surface area contributed by atoms with Gasteiger partial charge in [0.2, 0.25) is 0 Å². The molecule has 0 nitrogen and oxygen atoms in total. The summed E-state index contributed by atoms with van der Waals surface area (Å²) in [5, 5.41) is 0.477. The molecule has 0 aliphatic heterocycles. The first-order chi connectivity index (χ1) is 5.31. The lowest BCUT2D eigenvalue weighted by molar-refractivity contribution is 1.09. The number of thioether (sulfide) groups is 1. The molecule has 0 bridgehead atoms. The summed E-state index contributed by atoms with van der Waals surface area (Å²) in [6.45, 7) is 2.20. The van der Waals surface area contributed by atoms with Gasteiger partial charge in [-0.1, -0.05) is 6.92 Å². The molecular formula is C6H16S5. The minimum Gasteiger partial charge on any atom is -0.178 e. The van der Waals surface area contributed by atoms with Gasteiger partial charge in [-0.05, 0) is 12.2 Å². The topological polar surface area (TPSA) is 0 Å². The third kappa shape index (κ3) is 14.6. The monoisotopic (exact) mass is 248 g/mol. The molecule has 0 radical (unpaired) electrons. The Morgan fingerprint density at radius 2 is 1.91 bits per heavy atom. The fourth-order valence-corrected chi connectivity index (χ4v) is 1.88. The van der Waals surface area contributed by atoms with Crippen LogP contribution >= 0.6 is 60.3 Å². The van der Waals surface area contributed by atoms with E-state index in [1.54, 1.807) is 0 Å². The molecular weight excluding hydrogens is 232 g/mol. The smallest absolute Gasteiger partial charge is 0.0196 e. The van der Waals surface area contributed by atoms with Gasteiger partial charge >= 0.3 is 0 Å². The Labute approximate surface area is 95.7 Å². The van der Waals surface area contributed by atoms with E-state index in [2.05, 4.69) is 55.5 Å². The molecule has 0 aromatic heterocycles. The summed E-state index contributed by atoms with van der Waals surface area (Å²) in [5.74, 6) is 3.28. The zero-order valence-electron chi connectivity index (χ0n) is 6.60. The van der Waals surface area contributed by atoms with E-state index < -0.39 is 0 Å². The number of hydrogen-bond donors (Lipinski definition) is 4. The van der Waals surface area contributed by atoms with Gasteiger partial charge < -0.3 is 0 Å². The first-order valence-corrected chi connectivity index (χ1v) is 7.28. The maximum absolute atomic E-state index is 4.31. The zero-order chi connectivity index (χ0) is 9.11.